The fourth-order valence-electron chi connectivity index (χ4n) is 2.07. The number of hydrogen-bond donors (Lipinski definition) is 0. The summed E-state index contributed by atoms with van der Waals surface area (Å²) in [7, 11) is 0. The minimum absolute atomic E-state index is 0.255. The summed E-state index contributed by atoms with van der Waals surface area (Å²) in [6.45, 7) is 1.74. The molecule has 0 atom stereocenters. The van der Waals surface area contributed by atoms with Gasteiger partial charge in [-0.25, -0.2) is 9.50 Å². The zero-order valence-corrected chi connectivity index (χ0v) is 11.9. The lowest BCUT2D eigenvalue weighted by Crippen LogP contribution is -1.97. The van der Waals surface area contributed by atoms with Crippen molar-refractivity contribution in [3.63, 3.8) is 0 Å². The highest BCUT2D eigenvalue weighted by Gasteiger charge is 2.19. The maximum Gasteiger partial charge on any atom is 0.176 e. The van der Waals surface area contributed by atoms with Crippen molar-refractivity contribution in [1.29, 1.82) is 5.26 Å². The van der Waals surface area contributed by atoms with E-state index in [4.69, 9.17) is 28.5 Å². The second kappa shape index (κ2) is 4.78. The molecule has 2 aromatic heterocycles. The molecule has 0 radical (unpaired) electrons. The van der Waals surface area contributed by atoms with Crippen LogP contribution in [-0.2, 0) is 0 Å². The standard InChI is InChI=1S/C14H8Cl2N4/c1-8-10(7-17)14-18-12(15)11(13(16)20(14)19-8)9-5-3-2-4-6-9/h2-6H,1H3. The Kier molecular flexibility index (Phi) is 3.09. The second-order valence-corrected chi connectivity index (χ2v) is 4.96. The van der Waals surface area contributed by atoms with Crippen molar-refractivity contribution in [1.82, 2.24) is 14.6 Å². The molecule has 0 saturated heterocycles. The van der Waals surface area contributed by atoms with E-state index in [1.165, 1.54) is 4.52 Å². The van der Waals surface area contributed by atoms with Gasteiger partial charge in [0, 0.05) is 0 Å². The van der Waals surface area contributed by atoms with Crippen LogP contribution < -0.4 is 0 Å². The quantitative estimate of drug-likeness (QED) is 0.641. The number of hydrogen-bond acceptors (Lipinski definition) is 3. The van der Waals surface area contributed by atoms with Gasteiger partial charge in [0.25, 0.3) is 0 Å². The molecule has 0 unspecified atom stereocenters. The van der Waals surface area contributed by atoms with Gasteiger partial charge in [-0.2, -0.15) is 10.4 Å². The van der Waals surface area contributed by atoms with Gasteiger partial charge in [-0.1, -0.05) is 53.5 Å². The van der Waals surface area contributed by atoms with E-state index in [2.05, 4.69) is 16.2 Å². The Hall–Kier alpha value is -2.09. The van der Waals surface area contributed by atoms with Crippen molar-refractivity contribution in [3.8, 4) is 17.2 Å². The monoisotopic (exact) mass is 302 g/mol. The number of rotatable bonds is 1. The fraction of sp³-hybridized carbons (Fsp3) is 0.0714. The molecule has 2 heterocycles. The highest BCUT2D eigenvalue weighted by Crippen LogP contribution is 2.34. The molecule has 0 amide bonds. The van der Waals surface area contributed by atoms with Crippen LogP contribution in [0.5, 0.6) is 0 Å². The summed E-state index contributed by atoms with van der Waals surface area (Å²) in [5.74, 6) is 0. The van der Waals surface area contributed by atoms with Crippen LogP contribution in [0, 0.1) is 18.3 Å². The van der Waals surface area contributed by atoms with Crippen molar-refractivity contribution in [2.45, 2.75) is 6.92 Å². The minimum atomic E-state index is 0.255. The molecule has 3 aromatic rings. The second-order valence-electron chi connectivity index (χ2n) is 4.24. The van der Waals surface area contributed by atoms with E-state index in [-0.39, 0.29) is 5.15 Å². The van der Waals surface area contributed by atoms with Gasteiger partial charge in [0.05, 0.1) is 11.3 Å². The first-order valence-corrected chi connectivity index (χ1v) is 6.59. The third-order valence-corrected chi connectivity index (χ3v) is 3.64. The van der Waals surface area contributed by atoms with Crippen LogP contribution in [0.1, 0.15) is 11.3 Å². The maximum absolute atomic E-state index is 9.14. The summed E-state index contributed by atoms with van der Waals surface area (Å²) >= 11 is 12.6. The molecule has 4 nitrogen and oxygen atoms in total. The zero-order chi connectivity index (χ0) is 14.3. The van der Waals surface area contributed by atoms with Crippen LogP contribution in [0.25, 0.3) is 16.8 Å². The number of nitrogens with zero attached hydrogens (tertiary/aromatic N) is 4. The molecule has 0 aliphatic heterocycles. The molecule has 0 aliphatic rings. The SMILES string of the molecule is Cc1nn2c(Cl)c(-c3ccccc3)c(Cl)nc2c1C#N. The molecule has 98 valence electrons. The van der Waals surface area contributed by atoms with E-state index in [1.54, 1.807) is 6.92 Å². The molecular formula is C14H8Cl2N4. The Morgan fingerprint density at radius 3 is 2.55 bits per heavy atom. The van der Waals surface area contributed by atoms with Gasteiger partial charge in [-0.05, 0) is 12.5 Å². The predicted molar refractivity (Wildman–Crippen MR) is 77.9 cm³/mol. The van der Waals surface area contributed by atoms with Crippen LogP contribution in [-0.4, -0.2) is 14.6 Å². The molecule has 1 aromatic carbocycles. The number of halogens is 2. The van der Waals surface area contributed by atoms with E-state index in [9.17, 15) is 0 Å². The van der Waals surface area contributed by atoms with Gasteiger partial charge < -0.3 is 0 Å². The van der Waals surface area contributed by atoms with E-state index in [1.807, 2.05) is 30.3 Å². The molecule has 0 spiro atoms. The molecule has 6 heteroatoms. The third-order valence-electron chi connectivity index (χ3n) is 3.01. The van der Waals surface area contributed by atoms with Crippen LogP contribution in [0.15, 0.2) is 30.3 Å². The van der Waals surface area contributed by atoms with Gasteiger partial charge in [0.15, 0.2) is 5.65 Å². The summed E-state index contributed by atoms with van der Waals surface area (Å²) in [6, 6.07) is 11.5. The summed E-state index contributed by atoms with van der Waals surface area (Å²) in [4.78, 5) is 4.26. The lowest BCUT2D eigenvalue weighted by Gasteiger charge is -2.08. The summed E-state index contributed by atoms with van der Waals surface area (Å²) in [6.07, 6.45) is 0. The Morgan fingerprint density at radius 2 is 1.90 bits per heavy atom. The average molecular weight is 303 g/mol. The normalized spacial score (nSPS) is 10.7. The Bertz CT molecular complexity index is 847. The highest BCUT2D eigenvalue weighted by molar-refractivity contribution is 6.38. The van der Waals surface area contributed by atoms with E-state index >= 15 is 0 Å². The van der Waals surface area contributed by atoms with Crippen molar-refractivity contribution in [2.75, 3.05) is 0 Å². The van der Waals surface area contributed by atoms with Gasteiger partial charge in [-0.15, -0.1) is 0 Å². The van der Waals surface area contributed by atoms with Gasteiger partial charge in [-0.3, -0.25) is 0 Å². The fourth-order valence-corrected chi connectivity index (χ4v) is 2.71. The predicted octanol–water partition coefficient (Wildman–Crippen LogP) is 3.88. The Morgan fingerprint density at radius 1 is 1.20 bits per heavy atom. The smallest absolute Gasteiger partial charge is 0.176 e. The van der Waals surface area contributed by atoms with E-state index < -0.39 is 0 Å². The molecule has 0 fully saturated rings. The van der Waals surface area contributed by atoms with Gasteiger partial charge in [0.2, 0.25) is 0 Å². The average Bonchev–Trinajstić information content (AvgIpc) is 2.76. The van der Waals surface area contributed by atoms with Crippen LogP contribution in [0.3, 0.4) is 0 Å². The maximum atomic E-state index is 9.14. The van der Waals surface area contributed by atoms with Crippen LogP contribution in [0.4, 0.5) is 0 Å². The van der Waals surface area contributed by atoms with E-state index in [0.29, 0.717) is 27.6 Å². The zero-order valence-electron chi connectivity index (χ0n) is 10.4. The number of nitriles is 1. The number of aromatic nitrogens is 3. The first-order valence-electron chi connectivity index (χ1n) is 5.83. The number of fused-ring (bicyclic) bond motifs is 1. The summed E-state index contributed by atoms with van der Waals surface area (Å²) in [5, 5.41) is 14.0. The molecule has 0 bridgehead atoms. The number of benzene rings is 1. The first-order chi connectivity index (χ1) is 9.63. The molecule has 0 aliphatic carbocycles. The topological polar surface area (TPSA) is 54.0 Å². The summed E-state index contributed by atoms with van der Waals surface area (Å²) in [5.41, 5.74) is 2.79. The van der Waals surface area contributed by atoms with Crippen molar-refractivity contribution < 1.29 is 0 Å². The van der Waals surface area contributed by atoms with Gasteiger partial charge in [0.1, 0.15) is 21.9 Å². The number of aryl methyl sites for hydroxylation is 1. The summed E-state index contributed by atoms with van der Waals surface area (Å²) < 4.78 is 1.45. The molecule has 0 N–H and O–H groups in total. The molecule has 20 heavy (non-hydrogen) atoms. The Labute approximate surface area is 125 Å². The molecular weight excluding hydrogens is 295 g/mol. The van der Waals surface area contributed by atoms with E-state index in [0.717, 1.165) is 5.56 Å². The first kappa shape index (κ1) is 12.9. The highest BCUT2D eigenvalue weighted by atomic mass is 35.5. The van der Waals surface area contributed by atoms with Crippen LogP contribution >= 0.6 is 23.2 Å². The van der Waals surface area contributed by atoms with Crippen molar-refractivity contribution in [3.05, 3.63) is 51.9 Å². The Balaban J connectivity index is 2.40. The van der Waals surface area contributed by atoms with Crippen LogP contribution in [0.2, 0.25) is 10.3 Å². The lowest BCUT2D eigenvalue weighted by atomic mass is 10.1. The van der Waals surface area contributed by atoms with Crippen molar-refractivity contribution >= 4 is 28.8 Å². The lowest BCUT2D eigenvalue weighted by molar-refractivity contribution is 0.919. The molecule has 0 saturated carbocycles. The minimum Gasteiger partial charge on any atom is -0.215 e. The van der Waals surface area contributed by atoms with Gasteiger partial charge >= 0.3 is 0 Å². The molecule has 3 rings (SSSR count). The van der Waals surface area contributed by atoms with Crippen molar-refractivity contribution in [2.24, 2.45) is 0 Å². The largest absolute Gasteiger partial charge is 0.215 e. The third kappa shape index (κ3) is 1.83.